The number of aryl methyl sites for hydroxylation is 1. The predicted octanol–water partition coefficient (Wildman–Crippen LogP) is 2.90. The number of para-hydroxylation sites is 1. The van der Waals surface area contributed by atoms with E-state index < -0.39 is 5.91 Å². The molecule has 19 heavy (non-hydrogen) atoms. The Kier molecular flexibility index (Phi) is 2.56. The third-order valence-corrected chi connectivity index (χ3v) is 2.98. The highest BCUT2D eigenvalue weighted by atomic mass is 16.3. The molecule has 1 heterocycles. The molecule has 0 aliphatic carbocycles. The molecule has 0 atom stereocenters. The highest BCUT2D eigenvalue weighted by Gasteiger charge is 2.13. The number of aromatic nitrogens is 1. The Balaban J connectivity index is 2.19. The van der Waals surface area contributed by atoms with Gasteiger partial charge in [-0.2, -0.15) is 0 Å². The van der Waals surface area contributed by atoms with Gasteiger partial charge in [-0.1, -0.05) is 23.8 Å². The van der Waals surface area contributed by atoms with E-state index in [1.165, 1.54) is 0 Å². The first-order chi connectivity index (χ1) is 9.15. The third-order valence-electron chi connectivity index (χ3n) is 2.98. The van der Waals surface area contributed by atoms with E-state index in [4.69, 9.17) is 10.2 Å². The molecule has 0 bridgehead atoms. The number of nitrogens with two attached hydrogens (primary N) is 1. The summed E-state index contributed by atoms with van der Waals surface area (Å²) in [4.78, 5) is 15.7. The van der Waals surface area contributed by atoms with Crippen LogP contribution >= 0.6 is 0 Å². The van der Waals surface area contributed by atoms with E-state index in [1.54, 1.807) is 18.2 Å². The molecule has 0 aliphatic heterocycles. The number of carbonyl (C=O) groups excluding carboxylic acids is 1. The molecule has 0 saturated carbocycles. The molecular weight excluding hydrogens is 240 g/mol. The van der Waals surface area contributed by atoms with Crippen LogP contribution in [0.25, 0.3) is 22.6 Å². The molecule has 4 nitrogen and oxygen atoms in total. The molecule has 3 aromatic rings. The minimum Gasteiger partial charge on any atom is -0.436 e. The van der Waals surface area contributed by atoms with Crippen LogP contribution in [0.1, 0.15) is 15.9 Å². The fraction of sp³-hybridized carbons (Fsp3) is 0.0667. The van der Waals surface area contributed by atoms with E-state index in [0.717, 1.165) is 11.1 Å². The Labute approximate surface area is 109 Å². The lowest BCUT2D eigenvalue weighted by molar-refractivity contribution is 0.100. The normalized spacial score (nSPS) is 10.8. The molecule has 0 radical (unpaired) electrons. The Bertz CT molecular complexity index is 757. The van der Waals surface area contributed by atoms with Gasteiger partial charge in [0.1, 0.15) is 5.52 Å². The number of hydrogen-bond donors (Lipinski definition) is 1. The summed E-state index contributed by atoms with van der Waals surface area (Å²) in [6.45, 7) is 2.01. The van der Waals surface area contributed by atoms with Crippen LogP contribution in [0.4, 0.5) is 0 Å². The monoisotopic (exact) mass is 252 g/mol. The van der Waals surface area contributed by atoms with Gasteiger partial charge in [0.25, 0.3) is 5.91 Å². The SMILES string of the molecule is Cc1ccc(-c2nc3c(C(N)=O)cccc3o2)cc1. The summed E-state index contributed by atoms with van der Waals surface area (Å²) in [5.74, 6) is -0.0157. The Morgan fingerprint density at radius 1 is 1.16 bits per heavy atom. The van der Waals surface area contributed by atoms with Gasteiger partial charge in [0.15, 0.2) is 5.58 Å². The molecule has 1 amide bonds. The molecule has 4 heteroatoms. The number of oxazole rings is 1. The molecule has 94 valence electrons. The summed E-state index contributed by atoms with van der Waals surface area (Å²) in [5, 5.41) is 0. The summed E-state index contributed by atoms with van der Waals surface area (Å²) in [6, 6.07) is 13.0. The molecule has 2 aromatic carbocycles. The summed E-state index contributed by atoms with van der Waals surface area (Å²) in [6.07, 6.45) is 0. The lowest BCUT2D eigenvalue weighted by Gasteiger charge is -1.95. The van der Waals surface area contributed by atoms with Gasteiger partial charge in [-0.05, 0) is 31.2 Å². The van der Waals surface area contributed by atoms with Gasteiger partial charge in [0.2, 0.25) is 5.89 Å². The van der Waals surface area contributed by atoms with Gasteiger partial charge in [-0.25, -0.2) is 4.98 Å². The van der Waals surface area contributed by atoms with Crippen LogP contribution in [-0.4, -0.2) is 10.9 Å². The van der Waals surface area contributed by atoms with Crippen molar-refractivity contribution in [3.63, 3.8) is 0 Å². The summed E-state index contributed by atoms with van der Waals surface area (Å²) in [5.41, 5.74) is 8.81. The van der Waals surface area contributed by atoms with E-state index in [9.17, 15) is 4.79 Å². The third kappa shape index (κ3) is 1.97. The number of fused-ring (bicyclic) bond motifs is 1. The molecule has 0 saturated heterocycles. The molecule has 2 N–H and O–H groups in total. The molecular formula is C15H12N2O2. The summed E-state index contributed by atoms with van der Waals surface area (Å²) >= 11 is 0. The van der Waals surface area contributed by atoms with Crippen LogP contribution in [0.5, 0.6) is 0 Å². The minimum absolute atomic E-state index is 0.375. The average Bonchev–Trinajstić information content (AvgIpc) is 2.82. The lowest BCUT2D eigenvalue weighted by atomic mass is 10.1. The second-order valence-corrected chi connectivity index (χ2v) is 4.40. The van der Waals surface area contributed by atoms with Crippen LogP contribution in [0.15, 0.2) is 46.9 Å². The van der Waals surface area contributed by atoms with Crippen molar-refractivity contribution in [2.24, 2.45) is 5.73 Å². The fourth-order valence-electron chi connectivity index (χ4n) is 1.97. The van der Waals surface area contributed by atoms with Crippen LogP contribution in [0.3, 0.4) is 0 Å². The Morgan fingerprint density at radius 2 is 1.89 bits per heavy atom. The van der Waals surface area contributed by atoms with E-state index in [1.807, 2.05) is 31.2 Å². The first kappa shape index (κ1) is 11.5. The van der Waals surface area contributed by atoms with Crippen molar-refractivity contribution in [3.8, 4) is 11.5 Å². The van der Waals surface area contributed by atoms with Gasteiger partial charge in [-0.3, -0.25) is 4.79 Å². The minimum atomic E-state index is -0.505. The molecule has 0 aliphatic rings. The maximum Gasteiger partial charge on any atom is 0.251 e. The van der Waals surface area contributed by atoms with Crippen molar-refractivity contribution >= 4 is 17.0 Å². The average molecular weight is 252 g/mol. The quantitative estimate of drug-likeness (QED) is 0.762. The van der Waals surface area contributed by atoms with Gasteiger partial charge in [-0.15, -0.1) is 0 Å². The van der Waals surface area contributed by atoms with Crippen molar-refractivity contribution in [2.75, 3.05) is 0 Å². The first-order valence-corrected chi connectivity index (χ1v) is 5.91. The molecule has 3 rings (SSSR count). The number of amides is 1. The van der Waals surface area contributed by atoms with E-state index in [-0.39, 0.29) is 0 Å². The second kappa shape index (κ2) is 4.24. The number of hydrogen-bond acceptors (Lipinski definition) is 3. The smallest absolute Gasteiger partial charge is 0.251 e. The Hall–Kier alpha value is -2.62. The number of primary amides is 1. The molecule has 0 unspecified atom stereocenters. The van der Waals surface area contributed by atoms with E-state index in [2.05, 4.69) is 4.98 Å². The van der Waals surface area contributed by atoms with Crippen molar-refractivity contribution in [1.82, 2.24) is 4.98 Å². The second-order valence-electron chi connectivity index (χ2n) is 4.40. The zero-order valence-electron chi connectivity index (χ0n) is 10.4. The van der Waals surface area contributed by atoms with Crippen molar-refractivity contribution < 1.29 is 9.21 Å². The van der Waals surface area contributed by atoms with Crippen LogP contribution in [-0.2, 0) is 0 Å². The highest BCUT2D eigenvalue weighted by molar-refractivity contribution is 6.03. The summed E-state index contributed by atoms with van der Waals surface area (Å²) < 4.78 is 5.67. The van der Waals surface area contributed by atoms with Gasteiger partial charge in [0.05, 0.1) is 5.56 Å². The maximum atomic E-state index is 11.3. The van der Waals surface area contributed by atoms with Gasteiger partial charge < -0.3 is 10.2 Å². The molecule has 0 spiro atoms. The van der Waals surface area contributed by atoms with E-state index in [0.29, 0.717) is 22.6 Å². The predicted molar refractivity (Wildman–Crippen MR) is 72.7 cm³/mol. The van der Waals surface area contributed by atoms with Gasteiger partial charge in [0, 0.05) is 5.56 Å². The highest BCUT2D eigenvalue weighted by Crippen LogP contribution is 2.26. The topological polar surface area (TPSA) is 69.1 Å². The molecule has 0 fully saturated rings. The van der Waals surface area contributed by atoms with Crippen molar-refractivity contribution in [3.05, 3.63) is 53.6 Å². The van der Waals surface area contributed by atoms with Crippen molar-refractivity contribution in [1.29, 1.82) is 0 Å². The zero-order chi connectivity index (χ0) is 13.4. The number of carbonyl (C=O) groups is 1. The standard InChI is InChI=1S/C15H12N2O2/c1-9-5-7-10(8-6-9)15-17-13-11(14(16)18)3-2-4-12(13)19-15/h2-8H,1H3,(H2,16,18). The van der Waals surface area contributed by atoms with Crippen LogP contribution < -0.4 is 5.73 Å². The lowest BCUT2D eigenvalue weighted by Crippen LogP contribution is -2.11. The summed E-state index contributed by atoms with van der Waals surface area (Å²) in [7, 11) is 0. The number of benzene rings is 2. The number of rotatable bonds is 2. The number of nitrogens with zero attached hydrogens (tertiary/aromatic N) is 1. The van der Waals surface area contributed by atoms with Crippen LogP contribution in [0, 0.1) is 6.92 Å². The van der Waals surface area contributed by atoms with E-state index >= 15 is 0 Å². The van der Waals surface area contributed by atoms with Crippen molar-refractivity contribution in [2.45, 2.75) is 6.92 Å². The largest absolute Gasteiger partial charge is 0.436 e. The van der Waals surface area contributed by atoms with Crippen LogP contribution in [0.2, 0.25) is 0 Å². The maximum absolute atomic E-state index is 11.3. The fourth-order valence-corrected chi connectivity index (χ4v) is 1.97. The zero-order valence-corrected chi connectivity index (χ0v) is 10.4. The van der Waals surface area contributed by atoms with Gasteiger partial charge >= 0.3 is 0 Å². The first-order valence-electron chi connectivity index (χ1n) is 5.91. The molecule has 1 aromatic heterocycles. The Morgan fingerprint density at radius 3 is 2.58 bits per heavy atom.